The molecule has 0 N–H and O–H groups in total. The van der Waals surface area contributed by atoms with Crippen molar-refractivity contribution >= 4 is 15.9 Å². The third kappa shape index (κ3) is 3.09. The van der Waals surface area contributed by atoms with Crippen molar-refractivity contribution in [1.82, 2.24) is 13.6 Å². The van der Waals surface area contributed by atoms with Crippen molar-refractivity contribution < 1.29 is 12.8 Å². The summed E-state index contributed by atoms with van der Waals surface area (Å²) in [5, 5.41) is 0. The van der Waals surface area contributed by atoms with Crippen molar-refractivity contribution in [2.24, 2.45) is 11.8 Å². The Morgan fingerprint density at radius 3 is 2.57 bits per heavy atom. The van der Waals surface area contributed by atoms with Gasteiger partial charge in [-0.15, -0.1) is 0 Å². The minimum absolute atomic E-state index is 0.100. The second-order valence-electron chi connectivity index (χ2n) is 7.82. The highest BCUT2D eigenvalue weighted by Gasteiger charge is 2.52. The molecule has 28 heavy (non-hydrogen) atoms. The molecule has 0 amide bonds. The fourth-order valence-corrected chi connectivity index (χ4v) is 5.93. The van der Waals surface area contributed by atoms with E-state index in [-0.39, 0.29) is 23.7 Å². The Labute approximate surface area is 165 Å². The number of aromatic nitrogens is 1. The second-order valence-corrected chi connectivity index (χ2v) is 9.91. The summed E-state index contributed by atoms with van der Waals surface area (Å²) >= 11 is 0. The second kappa shape index (κ2) is 7.09. The zero-order valence-corrected chi connectivity index (χ0v) is 17.1. The molecule has 3 atom stereocenters. The molecule has 2 aliphatic rings. The van der Waals surface area contributed by atoms with Gasteiger partial charge in [-0.3, -0.25) is 4.98 Å². The molecule has 2 saturated heterocycles. The highest BCUT2D eigenvalue weighted by Crippen LogP contribution is 2.48. The predicted molar refractivity (Wildman–Crippen MR) is 107 cm³/mol. The van der Waals surface area contributed by atoms with Crippen LogP contribution in [0, 0.1) is 24.6 Å². The zero-order chi connectivity index (χ0) is 20.1. The Hall–Kier alpha value is -2.03. The number of aryl methyl sites for hydroxylation is 1. The molecule has 0 bridgehead atoms. The van der Waals surface area contributed by atoms with Crippen LogP contribution >= 0.6 is 0 Å². The van der Waals surface area contributed by atoms with Crippen molar-refractivity contribution in [2.45, 2.75) is 13.0 Å². The molecule has 1 aromatic carbocycles. The van der Waals surface area contributed by atoms with E-state index in [1.165, 1.54) is 10.5 Å². The lowest BCUT2D eigenvalue weighted by Crippen LogP contribution is -2.42. The summed E-state index contributed by atoms with van der Waals surface area (Å²) in [5.74, 6) is -0.0945. The Balaban J connectivity index is 1.73. The van der Waals surface area contributed by atoms with Crippen LogP contribution in [0.3, 0.4) is 0 Å². The van der Waals surface area contributed by atoms with Crippen LogP contribution in [0.1, 0.15) is 17.2 Å². The van der Waals surface area contributed by atoms with Gasteiger partial charge >= 0.3 is 0 Å². The molecule has 2 aromatic rings. The normalized spacial score (nSPS) is 25.5. The van der Waals surface area contributed by atoms with Crippen LogP contribution in [0.15, 0.2) is 42.7 Å². The monoisotopic (exact) mass is 404 g/mol. The van der Waals surface area contributed by atoms with E-state index in [0.717, 1.165) is 11.1 Å². The fourth-order valence-electron chi connectivity index (χ4n) is 4.58. The standard InChI is InChI=1S/C20H25FN4O2S/c1-14-6-4-5-7-16(14)20-17-13-24(19-8-9-22-10-18(19)21)11-15(17)12-25(20)28(26,27)23(2)3/h4-10,15,17,20H,11-13H2,1-3H3/t15-,17-,20+/m0/s1. The smallest absolute Gasteiger partial charge is 0.282 e. The number of nitrogens with zero attached hydrogens (tertiary/aromatic N) is 4. The van der Waals surface area contributed by atoms with E-state index >= 15 is 0 Å². The summed E-state index contributed by atoms with van der Waals surface area (Å²) in [6, 6.07) is 9.37. The maximum absolute atomic E-state index is 14.3. The number of pyridine rings is 1. The van der Waals surface area contributed by atoms with E-state index in [1.807, 2.05) is 36.1 Å². The van der Waals surface area contributed by atoms with Gasteiger partial charge in [0, 0.05) is 45.8 Å². The first-order chi connectivity index (χ1) is 13.3. The molecule has 8 heteroatoms. The summed E-state index contributed by atoms with van der Waals surface area (Å²) in [7, 11) is -0.426. The number of halogens is 1. The van der Waals surface area contributed by atoms with Crippen LogP contribution in [0.4, 0.5) is 10.1 Å². The molecule has 0 aliphatic carbocycles. The van der Waals surface area contributed by atoms with E-state index in [1.54, 1.807) is 30.7 Å². The molecule has 0 saturated carbocycles. The molecule has 150 valence electrons. The van der Waals surface area contributed by atoms with E-state index in [0.29, 0.717) is 25.3 Å². The van der Waals surface area contributed by atoms with Crippen LogP contribution < -0.4 is 4.90 Å². The summed E-state index contributed by atoms with van der Waals surface area (Å²) in [6.07, 6.45) is 2.82. The molecule has 2 fully saturated rings. The van der Waals surface area contributed by atoms with Gasteiger partial charge in [0.05, 0.1) is 17.9 Å². The van der Waals surface area contributed by atoms with Gasteiger partial charge in [0.15, 0.2) is 5.82 Å². The lowest BCUT2D eigenvalue weighted by Gasteiger charge is -2.32. The van der Waals surface area contributed by atoms with E-state index in [4.69, 9.17) is 0 Å². The highest BCUT2D eigenvalue weighted by molar-refractivity contribution is 7.86. The molecule has 3 heterocycles. The van der Waals surface area contributed by atoms with Crippen LogP contribution in [-0.4, -0.2) is 55.7 Å². The van der Waals surface area contributed by atoms with Crippen molar-refractivity contribution in [1.29, 1.82) is 0 Å². The van der Waals surface area contributed by atoms with Gasteiger partial charge in [0.25, 0.3) is 10.2 Å². The van der Waals surface area contributed by atoms with E-state index < -0.39 is 10.2 Å². The first-order valence-electron chi connectivity index (χ1n) is 9.40. The van der Waals surface area contributed by atoms with Gasteiger partial charge in [-0.1, -0.05) is 24.3 Å². The van der Waals surface area contributed by atoms with Crippen LogP contribution in [0.5, 0.6) is 0 Å². The first kappa shape index (κ1) is 19.3. The Morgan fingerprint density at radius 1 is 1.14 bits per heavy atom. The first-order valence-corrected chi connectivity index (χ1v) is 10.8. The summed E-state index contributed by atoms with van der Waals surface area (Å²) < 4.78 is 43.2. The van der Waals surface area contributed by atoms with Crippen LogP contribution in [0.2, 0.25) is 0 Å². The zero-order valence-electron chi connectivity index (χ0n) is 16.3. The van der Waals surface area contributed by atoms with Crippen molar-refractivity contribution in [3.63, 3.8) is 0 Å². The van der Waals surface area contributed by atoms with E-state index in [9.17, 15) is 12.8 Å². The van der Waals surface area contributed by atoms with Gasteiger partial charge in [0.1, 0.15) is 0 Å². The largest absolute Gasteiger partial charge is 0.368 e. The van der Waals surface area contributed by atoms with Gasteiger partial charge in [0.2, 0.25) is 0 Å². The molecule has 1 aromatic heterocycles. The maximum atomic E-state index is 14.3. The van der Waals surface area contributed by atoms with Gasteiger partial charge < -0.3 is 4.90 Å². The fraction of sp³-hybridized carbons (Fsp3) is 0.450. The van der Waals surface area contributed by atoms with Gasteiger partial charge in [-0.2, -0.15) is 17.0 Å². The number of rotatable bonds is 4. The molecule has 0 unspecified atom stereocenters. The Morgan fingerprint density at radius 2 is 1.89 bits per heavy atom. The minimum atomic E-state index is -3.56. The van der Waals surface area contributed by atoms with Gasteiger partial charge in [-0.25, -0.2) is 4.39 Å². The molecule has 4 rings (SSSR count). The van der Waals surface area contributed by atoms with Crippen LogP contribution in [0.25, 0.3) is 0 Å². The SMILES string of the molecule is Cc1ccccc1[C@@H]1[C@H]2CN(c3ccncc3F)C[C@H]2CN1S(=O)(=O)N(C)C. The Bertz CT molecular complexity index is 982. The quantitative estimate of drug-likeness (QED) is 0.786. The molecule has 2 aliphatic heterocycles. The van der Waals surface area contributed by atoms with E-state index in [2.05, 4.69) is 4.98 Å². The van der Waals surface area contributed by atoms with Crippen molar-refractivity contribution in [2.75, 3.05) is 38.6 Å². The predicted octanol–water partition coefficient (Wildman–Crippen LogP) is 2.44. The summed E-state index contributed by atoms with van der Waals surface area (Å²) in [4.78, 5) is 5.86. The topological polar surface area (TPSA) is 56.8 Å². The molecule has 0 spiro atoms. The average Bonchev–Trinajstić information content (AvgIpc) is 3.21. The third-order valence-corrected chi connectivity index (χ3v) is 7.87. The lowest BCUT2D eigenvalue weighted by molar-refractivity contribution is 0.326. The summed E-state index contributed by atoms with van der Waals surface area (Å²) in [5.41, 5.74) is 2.63. The Kier molecular flexibility index (Phi) is 4.89. The average molecular weight is 405 g/mol. The highest BCUT2D eigenvalue weighted by atomic mass is 32.2. The number of fused-ring (bicyclic) bond motifs is 1. The molecule has 6 nitrogen and oxygen atoms in total. The molecular formula is C20H25FN4O2S. The maximum Gasteiger partial charge on any atom is 0.282 e. The van der Waals surface area contributed by atoms with Crippen molar-refractivity contribution in [3.05, 3.63) is 59.7 Å². The summed E-state index contributed by atoms with van der Waals surface area (Å²) in [6.45, 7) is 3.70. The number of hydrogen-bond donors (Lipinski definition) is 0. The molecular weight excluding hydrogens is 379 g/mol. The number of anilines is 1. The van der Waals surface area contributed by atoms with Crippen LogP contribution in [-0.2, 0) is 10.2 Å². The minimum Gasteiger partial charge on any atom is -0.368 e. The number of benzene rings is 1. The lowest BCUT2D eigenvalue weighted by atomic mass is 9.88. The van der Waals surface area contributed by atoms with Crippen molar-refractivity contribution in [3.8, 4) is 0 Å². The van der Waals surface area contributed by atoms with Gasteiger partial charge in [-0.05, 0) is 30.0 Å². The molecule has 0 radical (unpaired) electrons. The third-order valence-electron chi connectivity index (χ3n) is 5.98. The number of hydrogen-bond acceptors (Lipinski definition) is 4.